The van der Waals surface area contributed by atoms with E-state index in [1.165, 1.54) is 17.5 Å². The second kappa shape index (κ2) is 6.76. The molecule has 0 N–H and O–H groups in total. The Bertz CT molecular complexity index is 519. The average molecular weight is 319 g/mol. The number of halogens is 1. The van der Waals surface area contributed by atoms with E-state index in [1.54, 1.807) is 7.11 Å². The predicted molar refractivity (Wildman–Crippen MR) is 84.2 cm³/mol. The summed E-state index contributed by atoms with van der Waals surface area (Å²) in [7, 11) is 1.71. The number of para-hydroxylation sites is 1. The standard InChI is InChI=1S/C17H19BrO/c1-3-6-13-9-11-14(12-10-13)17(18)15-7-4-5-8-16(15)19-2/h4-5,7-12,17H,3,6H2,1-2H3. The van der Waals surface area contributed by atoms with Crippen molar-refractivity contribution in [2.45, 2.75) is 24.6 Å². The van der Waals surface area contributed by atoms with Gasteiger partial charge >= 0.3 is 0 Å². The summed E-state index contributed by atoms with van der Waals surface area (Å²) in [4.78, 5) is 0.166. The smallest absolute Gasteiger partial charge is 0.123 e. The lowest BCUT2D eigenvalue weighted by atomic mass is 10.0. The van der Waals surface area contributed by atoms with Crippen molar-refractivity contribution in [3.8, 4) is 5.75 Å². The lowest BCUT2D eigenvalue weighted by molar-refractivity contribution is 0.410. The minimum absolute atomic E-state index is 0.166. The van der Waals surface area contributed by atoms with Crippen LogP contribution in [-0.2, 0) is 6.42 Å². The summed E-state index contributed by atoms with van der Waals surface area (Å²) in [5.74, 6) is 0.919. The highest BCUT2D eigenvalue weighted by Crippen LogP contribution is 2.36. The Morgan fingerprint density at radius 1 is 1.05 bits per heavy atom. The van der Waals surface area contributed by atoms with Crippen LogP contribution >= 0.6 is 15.9 Å². The zero-order valence-electron chi connectivity index (χ0n) is 11.4. The van der Waals surface area contributed by atoms with Crippen LogP contribution in [0.2, 0.25) is 0 Å². The van der Waals surface area contributed by atoms with Crippen LogP contribution in [0.15, 0.2) is 48.5 Å². The number of rotatable bonds is 5. The summed E-state index contributed by atoms with van der Waals surface area (Å²) in [5, 5.41) is 0. The lowest BCUT2D eigenvalue weighted by Crippen LogP contribution is -1.97. The first-order valence-electron chi connectivity index (χ1n) is 6.62. The zero-order chi connectivity index (χ0) is 13.7. The quantitative estimate of drug-likeness (QED) is 0.694. The summed E-state index contributed by atoms with van der Waals surface area (Å²) in [6, 6.07) is 16.9. The molecule has 100 valence electrons. The molecule has 0 fully saturated rings. The van der Waals surface area contributed by atoms with Gasteiger partial charge in [-0.25, -0.2) is 0 Å². The van der Waals surface area contributed by atoms with Gasteiger partial charge in [0.1, 0.15) is 5.75 Å². The first kappa shape index (κ1) is 14.1. The lowest BCUT2D eigenvalue weighted by Gasteiger charge is -2.15. The van der Waals surface area contributed by atoms with E-state index >= 15 is 0 Å². The maximum atomic E-state index is 5.42. The number of ether oxygens (including phenoxy) is 1. The maximum Gasteiger partial charge on any atom is 0.123 e. The Morgan fingerprint density at radius 2 is 1.74 bits per heavy atom. The third-order valence-corrected chi connectivity index (χ3v) is 4.24. The molecule has 0 aliphatic rings. The van der Waals surface area contributed by atoms with Crippen molar-refractivity contribution >= 4 is 15.9 Å². The van der Waals surface area contributed by atoms with E-state index in [0.29, 0.717) is 0 Å². The highest BCUT2D eigenvalue weighted by molar-refractivity contribution is 9.09. The number of aryl methyl sites for hydroxylation is 1. The van der Waals surface area contributed by atoms with E-state index in [2.05, 4.69) is 53.2 Å². The molecular formula is C17H19BrO. The largest absolute Gasteiger partial charge is 0.496 e. The van der Waals surface area contributed by atoms with E-state index in [9.17, 15) is 0 Å². The van der Waals surface area contributed by atoms with Crippen LogP contribution in [0.3, 0.4) is 0 Å². The van der Waals surface area contributed by atoms with Crippen LogP contribution in [0.4, 0.5) is 0 Å². The number of benzene rings is 2. The van der Waals surface area contributed by atoms with E-state index in [4.69, 9.17) is 4.74 Å². The number of hydrogen-bond acceptors (Lipinski definition) is 1. The summed E-state index contributed by atoms with van der Waals surface area (Å²) in [6.45, 7) is 2.20. The van der Waals surface area contributed by atoms with Gasteiger partial charge in [0, 0.05) is 5.56 Å². The molecule has 1 nitrogen and oxygen atoms in total. The molecule has 2 rings (SSSR count). The number of alkyl halides is 1. The zero-order valence-corrected chi connectivity index (χ0v) is 13.0. The van der Waals surface area contributed by atoms with Crippen LogP contribution < -0.4 is 4.74 Å². The normalized spacial score (nSPS) is 12.2. The molecule has 0 saturated carbocycles. The predicted octanol–water partition coefficient (Wildman–Crippen LogP) is 5.13. The Labute approximate surface area is 123 Å². The van der Waals surface area contributed by atoms with Crippen LogP contribution in [0.1, 0.15) is 34.9 Å². The fourth-order valence-electron chi connectivity index (χ4n) is 2.20. The van der Waals surface area contributed by atoms with Gasteiger partial charge in [-0.05, 0) is 23.6 Å². The van der Waals surface area contributed by atoms with Crippen molar-refractivity contribution < 1.29 is 4.74 Å². The van der Waals surface area contributed by atoms with Crippen LogP contribution in [0, 0.1) is 0 Å². The maximum absolute atomic E-state index is 5.42. The highest BCUT2D eigenvalue weighted by Gasteiger charge is 2.14. The van der Waals surface area contributed by atoms with E-state index in [1.807, 2.05) is 18.2 Å². The van der Waals surface area contributed by atoms with Crippen molar-refractivity contribution in [1.82, 2.24) is 0 Å². The third kappa shape index (κ3) is 3.38. The summed E-state index contributed by atoms with van der Waals surface area (Å²) >= 11 is 3.77. The van der Waals surface area contributed by atoms with Gasteiger partial charge in [0.15, 0.2) is 0 Å². The summed E-state index contributed by atoms with van der Waals surface area (Å²) in [6.07, 6.45) is 2.32. The third-order valence-electron chi connectivity index (χ3n) is 3.22. The summed E-state index contributed by atoms with van der Waals surface area (Å²) in [5.41, 5.74) is 3.81. The molecule has 19 heavy (non-hydrogen) atoms. The van der Waals surface area contributed by atoms with Crippen LogP contribution in [-0.4, -0.2) is 7.11 Å². The Kier molecular flexibility index (Phi) is 5.03. The van der Waals surface area contributed by atoms with Gasteiger partial charge in [0.2, 0.25) is 0 Å². The van der Waals surface area contributed by atoms with Gasteiger partial charge in [-0.2, -0.15) is 0 Å². The van der Waals surface area contributed by atoms with Crippen molar-refractivity contribution in [2.24, 2.45) is 0 Å². The molecule has 2 aromatic rings. The molecule has 1 atom stereocenters. The fraction of sp³-hybridized carbons (Fsp3) is 0.294. The SMILES string of the molecule is CCCc1ccc(C(Br)c2ccccc2OC)cc1. The highest BCUT2D eigenvalue weighted by atomic mass is 79.9. The molecule has 0 bridgehead atoms. The first-order valence-corrected chi connectivity index (χ1v) is 7.53. The molecule has 0 radical (unpaired) electrons. The van der Waals surface area contributed by atoms with E-state index < -0.39 is 0 Å². The molecule has 1 unspecified atom stereocenters. The van der Waals surface area contributed by atoms with Crippen molar-refractivity contribution in [3.05, 3.63) is 65.2 Å². The topological polar surface area (TPSA) is 9.23 Å². The molecule has 0 saturated heterocycles. The number of methoxy groups -OCH3 is 1. The molecule has 0 aliphatic carbocycles. The van der Waals surface area contributed by atoms with E-state index in [-0.39, 0.29) is 4.83 Å². The second-order valence-electron chi connectivity index (χ2n) is 4.60. The van der Waals surface area contributed by atoms with Crippen LogP contribution in [0.5, 0.6) is 5.75 Å². The molecule has 0 aromatic heterocycles. The Morgan fingerprint density at radius 3 is 2.37 bits per heavy atom. The van der Waals surface area contributed by atoms with Gasteiger partial charge in [-0.1, -0.05) is 71.7 Å². The average Bonchev–Trinajstić information content (AvgIpc) is 2.47. The van der Waals surface area contributed by atoms with E-state index in [0.717, 1.165) is 17.7 Å². The molecule has 2 heteroatoms. The molecule has 0 spiro atoms. The molecule has 2 aromatic carbocycles. The fourth-order valence-corrected chi connectivity index (χ4v) is 2.88. The summed E-state index contributed by atoms with van der Waals surface area (Å²) < 4.78 is 5.42. The first-order chi connectivity index (χ1) is 9.26. The molecule has 0 heterocycles. The monoisotopic (exact) mass is 318 g/mol. The minimum atomic E-state index is 0.166. The van der Waals surface area contributed by atoms with Gasteiger partial charge in [0.05, 0.1) is 11.9 Å². The van der Waals surface area contributed by atoms with Crippen molar-refractivity contribution in [2.75, 3.05) is 7.11 Å². The van der Waals surface area contributed by atoms with Crippen molar-refractivity contribution in [1.29, 1.82) is 0 Å². The van der Waals surface area contributed by atoms with Gasteiger partial charge in [0.25, 0.3) is 0 Å². The van der Waals surface area contributed by atoms with Gasteiger partial charge in [-0.15, -0.1) is 0 Å². The van der Waals surface area contributed by atoms with Gasteiger partial charge < -0.3 is 4.74 Å². The molecule has 0 amide bonds. The Balaban J connectivity index is 2.25. The Hall–Kier alpha value is -1.28. The minimum Gasteiger partial charge on any atom is -0.496 e. The van der Waals surface area contributed by atoms with Crippen LogP contribution in [0.25, 0.3) is 0 Å². The molecule has 0 aliphatic heterocycles. The second-order valence-corrected chi connectivity index (χ2v) is 5.51. The molecular weight excluding hydrogens is 300 g/mol. The van der Waals surface area contributed by atoms with Gasteiger partial charge in [-0.3, -0.25) is 0 Å². The van der Waals surface area contributed by atoms with Crippen molar-refractivity contribution in [3.63, 3.8) is 0 Å². The number of hydrogen-bond donors (Lipinski definition) is 0.